The number of hydrogen-bond acceptors (Lipinski definition) is 5. The van der Waals surface area contributed by atoms with E-state index >= 15 is 0 Å². The van der Waals surface area contributed by atoms with Gasteiger partial charge in [0.25, 0.3) is 0 Å². The second-order valence-electron chi connectivity index (χ2n) is 7.69. The summed E-state index contributed by atoms with van der Waals surface area (Å²) in [6, 6.07) is 0. The third-order valence-electron chi connectivity index (χ3n) is 5.80. The summed E-state index contributed by atoms with van der Waals surface area (Å²) < 4.78 is 0. The van der Waals surface area contributed by atoms with E-state index in [2.05, 4.69) is 10.2 Å². The van der Waals surface area contributed by atoms with Crippen LogP contribution in [0.1, 0.15) is 43.4 Å². The summed E-state index contributed by atoms with van der Waals surface area (Å²) in [6.45, 7) is 2.55. The van der Waals surface area contributed by atoms with Gasteiger partial charge in [0.1, 0.15) is 5.82 Å². The molecule has 1 aliphatic carbocycles. The van der Waals surface area contributed by atoms with Gasteiger partial charge in [0.15, 0.2) is 0 Å². The number of piperidine rings is 1. The first-order valence-electron chi connectivity index (χ1n) is 9.19. The van der Waals surface area contributed by atoms with Crippen molar-refractivity contribution in [2.24, 2.45) is 5.41 Å². The van der Waals surface area contributed by atoms with Crippen LogP contribution in [0.25, 0.3) is 0 Å². The lowest BCUT2D eigenvalue weighted by Crippen LogP contribution is -2.47. The molecule has 1 amide bonds. The number of carbonyl (C=O) groups is 1. The monoisotopic (exact) mass is 329 g/mol. The SMILES string of the molecule is CN(C)c1nc2c(c(N3CC[C@@]4(CCCNC4=O)C3)n1)CCCC2. The maximum absolute atomic E-state index is 12.5. The Labute approximate surface area is 143 Å². The summed E-state index contributed by atoms with van der Waals surface area (Å²) in [5, 5.41) is 3.07. The molecule has 24 heavy (non-hydrogen) atoms. The van der Waals surface area contributed by atoms with E-state index in [0.29, 0.717) is 0 Å². The van der Waals surface area contributed by atoms with Crippen molar-refractivity contribution >= 4 is 17.7 Å². The Morgan fingerprint density at radius 1 is 1.12 bits per heavy atom. The first-order chi connectivity index (χ1) is 11.6. The molecule has 130 valence electrons. The van der Waals surface area contributed by atoms with Crippen molar-refractivity contribution in [3.8, 4) is 0 Å². The molecular weight excluding hydrogens is 302 g/mol. The molecule has 1 N–H and O–H groups in total. The van der Waals surface area contributed by atoms with Crippen LogP contribution in [-0.4, -0.2) is 49.6 Å². The molecule has 0 saturated carbocycles. The topological polar surface area (TPSA) is 61.4 Å². The predicted octanol–water partition coefficient (Wildman–Crippen LogP) is 1.53. The molecule has 0 bridgehead atoms. The largest absolute Gasteiger partial charge is 0.356 e. The molecule has 0 radical (unpaired) electrons. The zero-order valence-electron chi connectivity index (χ0n) is 14.8. The van der Waals surface area contributed by atoms with Crippen molar-refractivity contribution < 1.29 is 4.79 Å². The van der Waals surface area contributed by atoms with Crippen LogP contribution in [0, 0.1) is 5.41 Å². The Kier molecular flexibility index (Phi) is 3.85. The number of aryl methyl sites for hydroxylation is 1. The number of hydrogen-bond donors (Lipinski definition) is 1. The molecule has 0 unspecified atom stereocenters. The number of amides is 1. The fourth-order valence-corrected chi connectivity index (χ4v) is 4.40. The predicted molar refractivity (Wildman–Crippen MR) is 94.5 cm³/mol. The molecular formula is C18H27N5O. The summed E-state index contributed by atoms with van der Waals surface area (Å²) in [5.41, 5.74) is 2.33. The average molecular weight is 329 g/mol. The number of rotatable bonds is 2. The average Bonchev–Trinajstić information content (AvgIpc) is 3.01. The normalized spacial score (nSPS) is 26.4. The molecule has 1 atom stereocenters. The molecule has 2 fully saturated rings. The number of aromatic nitrogens is 2. The lowest BCUT2D eigenvalue weighted by Gasteiger charge is -2.33. The van der Waals surface area contributed by atoms with Crippen LogP contribution in [0.4, 0.5) is 11.8 Å². The Bertz CT molecular complexity index is 659. The number of fused-ring (bicyclic) bond motifs is 1. The Balaban J connectivity index is 1.69. The standard InChI is InChI=1S/C18H27N5O/c1-22(2)17-20-14-7-4-3-6-13(14)15(21-17)23-11-9-18(12-23)8-5-10-19-16(18)24/h3-12H2,1-2H3,(H,19,24)/t18-/m0/s1. The van der Waals surface area contributed by atoms with Gasteiger partial charge in [0, 0.05) is 39.3 Å². The van der Waals surface area contributed by atoms with E-state index in [4.69, 9.17) is 9.97 Å². The van der Waals surface area contributed by atoms with Crippen molar-refractivity contribution in [3.63, 3.8) is 0 Å². The smallest absolute Gasteiger partial charge is 0.228 e. The first-order valence-corrected chi connectivity index (χ1v) is 9.19. The van der Waals surface area contributed by atoms with Crippen molar-refractivity contribution in [1.82, 2.24) is 15.3 Å². The van der Waals surface area contributed by atoms with Gasteiger partial charge >= 0.3 is 0 Å². The van der Waals surface area contributed by atoms with Crippen molar-refractivity contribution in [2.45, 2.75) is 44.9 Å². The summed E-state index contributed by atoms with van der Waals surface area (Å²) in [4.78, 5) is 26.5. The zero-order chi connectivity index (χ0) is 16.7. The van der Waals surface area contributed by atoms with Gasteiger partial charge in [-0.1, -0.05) is 0 Å². The van der Waals surface area contributed by atoms with E-state index in [9.17, 15) is 4.79 Å². The van der Waals surface area contributed by atoms with Crippen LogP contribution in [0.5, 0.6) is 0 Å². The summed E-state index contributed by atoms with van der Waals surface area (Å²) in [7, 11) is 3.99. The fraction of sp³-hybridized carbons (Fsp3) is 0.722. The Morgan fingerprint density at radius 2 is 1.96 bits per heavy atom. The molecule has 1 spiro atoms. The Morgan fingerprint density at radius 3 is 2.75 bits per heavy atom. The maximum Gasteiger partial charge on any atom is 0.228 e. The van der Waals surface area contributed by atoms with Crippen molar-refractivity contribution in [3.05, 3.63) is 11.3 Å². The highest BCUT2D eigenvalue weighted by molar-refractivity contribution is 5.85. The van der Waals surface area contributed by atoms with E-state index in [0.717, 1.165) is 63.5 Å². The van der Waals surface area contributed by atoms with Gasteiger partial charge in [-0.25, -0.2) is 4.98 Å². The molecule has 2 saturated heterocycles. The van der Waals surface area contributed by atoms with Gasteiger partial charge in [-0.15, -0.1) is 0 Å². The van der Waals surface area contributed by atoms with Crippen LogP contribution in [-0.2, 0) is 17.6 Å². The molecule has 6 nitrogen and oxygen atoms in total. The van der Waals surface area contributed by atoms with E-state index in [1.54, 1.807) is 0 Å². The maximum atomic E-state index is 12.5. The van der Waals surface area contributed by atoms with Crippen LogP contribution in [0.2, 0.25) is 0 Å². The molecule has 6 heteroatoms. The van der Waals surface area contributed by atoms with E-state index < -0.39 is 0 Å². The van der Waals surface area contributed by atoms with Crippen molar-refractivity contribution in [2.75, 3.05) is 43.5 Å². The fourth-order valence-electron chi connectivity index (χ4n) is 4.40. The van der Waals surface area contributed by atoms with Gasteiger partial charge in [-0.3, -0.25) is 4.79 Å². The summed E-state index contributed by atoms with van der Waals surface area (Å²) in [5.74, 6) is 2.12. The zero-order valence-corrected chi connectivity index (χ0v) is 14.8. The second kappa shape index (κ2) is 5.90. The van der Waals surface area contributed by atoms with Gasteiger partial charge < -0.3 is 15.1 Å². The summed E-state index contributed by atoms with van der Waals surface area (Å²) >= 11 is 0. The van der Waals surface area contributed by atoms with Gasteiger partial charge in [-0.2, -0.15) is 4.98 Å². The highest BCUT2D eigenvalue weighted by Gasteiger charge is 2.46. The third-order valence-corrected chi connectivity index (χ3v) is 5.80. The van der Waals surface area contributed by atoms with Gasteiger partial charge in [0.05, 0.1) is 11.1 Å². The molecule has 3 aliphatic rings. The highest BCUT2D eigenvalue weighted by atomic mass is 16.2. The molecule has 1 aromatic heterocycles. The van der Waals surface area contributed by atoms with Gasteiger partial charge in [-0.05, 0) is 44.9 Å². The number of nitrogens with zero attached hydrogens (tertiary/aromatic N) is 4. The van der Waals surface area contributed by atoms with Crippen LogP contribution in [0.3, 0.4) is 0 Å². The minimum Gasteiger partial charge on any atom is -0.356 e. The van der Waals surface area contributed by atoms with E-state index in [1.807, 2.05) is 19.0 Å². The van der Waals surface area contributed by atoms with Crippen LogP contribution in [0.15, 0.2) is 0 Å². The lowest BCUT2D eigenvalue weighted by molar-refractivity contribution is -0.132. The van der Waals surface area contributed by atoms with E-state index in [-0.39, 0.29) is 11.3 Å². The molecule has 1 aromatic rings. The lowest BCUT2D eigenvalue weighted by atomic mass is 9.79. The molecule has 0 aromatic carbocycles. The minimum absolute atomic E-state index is 0.205. The quantitative estimate of drug-likeness (QED) is 0.891. The third kappa shape index (κ3) is 2.52. The number of nitrogens with one attached hydrogen (secondary N) is 1. The number of anilines is 2. The van der Waals surface area contributed by atoms with Crippen molar-refractivity contribution in [1.29, 1.82) is 0 Å². The number of carbonyl (C=O) groups excluding carboxylic acids is 1. The second-order valence-corrected chi connectivity index (χ2v) is 7.69. The first kappa shape index (κ1) is 15.7. The summed E-state index contributed by atoms with van der Waals surface area (Å²) in [6.07, 6.45) is 7.56. The van der Waals surface area contributed by atoms with E-state index in [1.165, 1.54) is 24.1 Å². The highest BCUT2D eigenvalue weighted by Crippen LogP contribution is 2.41. The molecule has 4 rings (SSSR count). The van der Waals surface area contributed by atoms with Crippen LogP contribution >= 0.6 is 0 Å². The molecule has 3 heterocycles. The van der Waals surface area contributed by atoms with Gasteiger partial charge in [0.2, 0.25) is 11.9 Å². The molecule has 2 aliphatic heterocycles. The Hall–Kier alpha value is -1.85. The minimum atomic E-state index is -0.205. The van der Waals surface area contributed by atoms with Crippen LogP contribution < -0.4 is 15.1 Å².